The van der Waals surface area contributed by atoms with E-state index < -0.39 is 11.8 Å². The smallest absolute Gasteiger partial charge is 0.335 e. The van der Waals surface area contributed by atoms with Crippen molar-refractivity contribution < 1.29 is 23.8 Å². The molecule has 0 aliphatic heterocycles. The van der Waals surface area contributed by atoms with Gasteiger partial charge >= 0.3 is 5.97 Å². The fraction of sp³-hybridized carbons (Fsp3) is 0.250. The second-order valence-electron chi connectivity index (χ2n) is 7.57. The Bertz CT molecular complexity index is 1060. The van der Waals surface area contributed by atoms with Gasteiger partial charge in [-0.2, -0.15) is 0 Å². The predicted molar refractivity (Wildman–Crippen MR) is 110 cm³/mol. The number of benzene rings is 2. The molecular formula is C24H22FNO4. The van der Waals surface area contributed by atoms with Crippen molar-refractivity contribution in [2.45, 2.75) is 26.4 Å². The average molecular weight is 407 g/mol. The third-order valence-corrected chi connectivity index (χ3v) is 4.98. The van der Waals surface area contributed by atoms with E-state index in [0.29, 0.717) is 23.1 Å². The van der Waals surface area contributed by atoms with Gasteiger partial charge in [0.05, 0.1) is 12.2 Å². The normalized spacial score (nSPS) is 13.1. The molecule has 1 N–H and O–H groups in total. The van der Waals surface area contributed by atoms with E-state index >= 15 is 0 Å². The van der Waals surface area contributed by atoms with Crippen LogP contribution < -0.4 is 9.47 Å². The standard InChI is InChI=1S/C24H22FNO4/c1-15-8-20(18-6-7-23(26-12-18)30-13-16-2-3-16)10-21(9-15)29-14-19-5-4-17(24(27)28)11-22(19)25/h4-12,16H,2-3,13-14H2,1H3,(H,27,28). The lowest BCUT2D eigenvalue weighted by atomic mass is 10.0. The van der Waals surface area contributed by atoms with Gasteiger partial charge in [-0.25, -0.2) is 14.2 Å². The summed E-state index contributed by atoms with van der Waals surface area (Å²) in [6.07, 6.45) is 4.24. The van der Waals surface area contributed by atoms with E-state index in [1.54, 1.807) is 6.20 Å². The maximum atomic E-state index is 14.1. The van der Waals surface area contributed by atoms with Crippen molar-refractivity contribution in [1.29, 1.82) is 0 Å². The molecule has 0 amide bonds. The Hall–Kier alpha value is -3.41. The number of aromatic carboxylic acids is 1. The number of halogens is 1. The molecule has 1 aliphatic carbocycles. The molecule has 5 nitrogen and oxygen atoms in total. The van der Waals surface area contributed by atoms with Crippen LogP contribution in [-0.2, 0) is 6.61 Å². The van der Waals surface area contributed by atoms with E-state index in [0.717, 1.165) is 29.4 Å². The van der Waals surface area contributed by atoms with Gasteiger partial charge in [-0.15, -0.1) is 0 Å². The summed E-state index contributed by atoms with van der Waals surface area (Å²) < 4.78 is 25.6. The van der Waals surface area contributed by atoms with E-state index in [-0.39, 0.29) is 12.2 Å². The number of nitrogens with zero attached hydrogens (tertiary/aromatic N) is 1. The second kappa shape index (κ2) is 8.53. The number of aromatic nitrogens is 1. The maximum absolute atomic E-state index is 14.1. The molecule has 4 rings (SSSR count). The van der Waals surface area contributed by atoms with Crippen LogP contribution >= 0.6 is 0 Å². The molecule has 6 heteroatoms. The van der Waals surface area contributed by atoms with Crippen LogP contribution in [-0.4, -0.2) is 22.7 Å². The van der Waals surface area contributed by atoms with Gasteiger partial charge in [0.2, 0.25) is 5.88 Å². The molecule has 30 heavy (non-hydrogen) atoms. The van der Waals surface area contributed by atoms with Crippen molar-refractivity contribution >= 4 is 5.97 Å². The molecule has 0 radical (unpaired) electrons. The zero-order chi connectivity index (χ0) is 21.1. The fourth-order valence-electron chi connectivity index (χ4n) is 3.08. The van der Waals surface area contributed by atoms with E-state index in [1.165, 1.54) is 25.0 Å². The van der Waals surface area contributed by atoms with Gasteiger partial charge < -0.3 is 14.6 Å². The minimum Gasteiger partial charge on any atom is -0.489 e. The molecule has 0 atom stereocenters. The Balaban J connectivity index is 1.45. The first-order valence-corrected chi connectivity index (χ1v) is 9.83. The highest BCUT2D eigenvalue weighted by molar-refractivity contribution is 5.87. The number of pyridine rings is 1. The van der Waals surface area contributed by atoms with Gasteiger partial charge in [-0.3, -0.25) is 0 Å². The van der Waals surface area contributed by atoms with E-state index in [1.807, 2.05) is 37.3 Å². The Kier molecular flexibility index (Phi) is 5.65. The molecular weight excluding hydrogens is 385 g/mol. The van der Waals surface area contributed by atoms with Crippen LogP contribution in [0, 0.1) is 18.7 Å². The van der Waals surface area contributed by atoms with E-state index in [4.69, 9.17) is 14.6 Å². The number of ether oxygens (including phenoxy) is 2. The summed E-state index contributed by atoms with van der Waals surface area (Å²) in [5.74, 6) is 0.125. The number of rotatable bonds is 8. The second-order valence-corrected chi connectivity index (χ2v) is 7.57. The van der Waals surface area contributed by atoms with Gasteiger partial charge in [0.1, 0.15) is 18.2 Å². The number of hydrogen-bond acceptors (Lipinski definition) is 4. The summed E-state index contributed by atoms with van der Waals surface area (Å²) in [5.41, 5.74) is 3.07. The Morgan fingerprint density at radius 3 is 2.60 bits per heavy atom. The molecule has 0 bridgehead atoms. The molecule has 1 saturated carbocycles. The average Bonchev–Trinajstić information content (AvgIpc) is 3.56. The lowest BCUT2D eigenvalue weighted by Crippen LogP contribution is -2.02. The van der Waals surface area contributed by atoms with Crippen molar-refractivity contribution in [3.8, 4) is 22.8 Å². The summed E-state index contributed by atoms with van der Waals surface area (Å²) in [4.78, 5) is 15.3. The maximum Gasteiger partial charge on any atom is 0.335 e. The highest BCUT2D eigenvalue weighted by Gasteiger charge is 2.22. The minimum atomic E-state index is -1.16. The van der Waals surface area contributed by atoms with Gasteiger partial charge in [0.15, 0.2) is 0 Å². The molecule has 0 spiro atoms. The third-order valence-electron chi connectivity index (χ3n) is 4.98. The van der Waals surface area contributed by atoms with Crippen molar-refractivity contribution in [1.82, 2.24) is 4.98 Å². The SMILES string of the molecule is Cc1cc(OCc2ccc(C(=O)O)cc2F)cc(-c2ccc(OCC3CC3)nc2)c1. The van der Waals surface area contributed by atoms with Gasteiger partial charge in [-0.05, 0) is 67.1 Å². The first kappa shape index (κ1) is 19.9. The fourth-order valence-corrected chi connectivity index (χ4v) is 3.08. The molecule has 0 saturated heterocycles. The third kappa shape index (κ3) is 4.95. The predicted octanol–water partition coefficient (Wildman–Crippen LogP) is 5.26. The number of carboxylic acids is 1. The Labute approximate surface area is 174 Å². The van der Waals surface area contributed by atoms with E-state index in [2.05, 4.69) is 4.98 Å². The van der Waals surface area contributed by atoms with Crippen LogP contribution in [0.4, 0.5) is 4.39 Å². The van der Waals surface area contributed by atoms with Crippen LogP contribution in [0.3, 0.4) is 0 Å². The van der Waals surface area contributed by atoms with Gasteiger partial charge in [0, 0.05) is 23.4 Å². The van der Waals surface area contributed by atoms with Crippen LogP contribution in [0.15, 0.2) is 54.7 Å². The summed E-state index contributed by atoms with van der Waals surface area (Å²) in [6, 6.07) is 13.4. The van der Waals surface area contributed by atoms with Crippen LogP contribution in [0.2, 0.25) is 0 Å². The molecule has 1 fully saturated rings. The summed E-state index contributed by atoms with van der Waals surface area (Å²) >= 11 is 0. The first-order valence-electron chi connectivity index (χ1n) is 9.83. The van der Waals surface area contributed by atoms with Crippen molar-refractivity contribution in [3.05, 3.63) is 77.2 Å². The quantitative estimate of drug-likeness (QED) is 0.551. The van der Waals surface area contributed by atoms with Crippen molar-refractivity contribution in [2.24, 2.45) is 5.92 Å². The summed E-state index contributed by atoms with van der Waals surface area (Å²) in [7, 11) is 0. The van der Waals surface area contributed by atoms with Crippen LogP contribution in [0.1, 0.15) is 34.3 Å². The zero-order valence-electron chi connectivity index (χ0n) is 16.6. The lowest BCUT2D eigenvalue weighted by molar-refractivity contribution is 0.0696. The van der Waals surface area contributed by atoms with Gasteiger partial charge in [0.25, 0.3) is 0 Å². The first-order chi connectivity index (χ1) is 14.5. The van der Waals surface area contributed by atoms with Crippen molar-refractivity contribution in [3.63, 3.8) is 0 Å². The minimum absolute atomic E-state index is 0.000814. The Morgan fingerprint density at radius 1 is 1.10 bits per heavy atom. The molecule has 2 aromatic carbocycles. The van der Waals surface area contributed by atoms with Crippen molar-refractivity contribution in [2.75, 3.05) is 6.61 Å². The monoisotopic (exact) mass is 407 g/mol. The molecule has 154 valence electrons. The molecule has 1 aliphatic rings. The van der Waals surface area contributed by atoms with Gasteiger partial charge in [-0.1, -0.05) is 12.1 Å². The van der Waals surface area contributed by atoms with Crippen LogP contribution in [0.25, 0.3) is 11.1 Å². The molecule has 3 aromatic rings. The number of carboxylic acid groups (broad SMARTS) is 1. The summed E-state index contributed by atoms with van der Waals surface area (Å²) in [6.45, 7) is 2.68. The zero-order valence-corrected chi connectivity index (χ0v) is 16.6. The van der Waals surface area contributed by atoms with Crippen LogP contribution in [0.5, 0.6) is 11.6 Å². The highest BCUT2D eigenvalue weighted by atomic mass is 19.1. The molecule has 1 heterocycles. The highest BCUT2D eigenvalue weighted by Crippen LogP contribution is 2.30. The topological polar surface area (TPSA) is 68.7 Å². The molecule has 0 unspecified atom stereocenters. The van der Waals surface area contributed by atoms with E-state index in [9.17, 15) is 9.18 Å². The number of aryl methyl sites for hydroxylation is 1. The number of carbonyl (C=O) groups is 1. The largest absolute Gasteiger partial charge is 0.489 e. The molecule has 1 aromatic heterocycles. The Morgan fingerprint density at radius 2 is 1.93 bits per heavy atom. The number of hydrogen-bond donors (Lipinski definition) is 1. The lowest BCUT2D eigenvalue weighted by Gasteiger charge is -2.11. The summed E-state index contributed by atoms with van der Waals surface area (Å²) in [5, 5.41) is 8.94.